The number of rotatable bonds is 6. The van der Waals surface area contributed by atoms with Gasteiger partial charge in [-0.25, -0.2) is 14.6 Å². The maximum absolute atomic E-state index is 12.9. The summed E-state index contributed by atoms with van der Waals surface area (Å²) in [5.41, 5.74) is 3.79. The van der Waals surface area contributed by atoms with Crippen molar-refractivity contribution in [1.82, 2.24) is 5.43 Å². The van der Waals surface area contributed by atoms with Crippen LogP contribution in [0.15, 0.2) is 64.6 Å². The van der Waals surface area contributed by atoms with Crippen LogP contribution >= 0.6 is 11.6 Å². The van der Waals surface area contributed by atoms with E-state index in [2.05, 4.69) is 10.2 Å². The quantitative estimate of drug-likeness (QED) is 0.312. The second-order valence-corrected chi connectivity index (χ2v) is 7.70. The molecule has 1 N–H and O–H groups in total. The molecule has 3 aromatic rings. The fraction of sp³-hybridized carbons (Fsp3) is 0.120. The fourth-order valence-corrected chi connectivity index (χ4v) is 3.57. The summed E-state index contributed by atoms with van der Waals surface area (Å²) in [6.07, 6.45) is 1.33. The monoisotopic (exact) mass is 494 g/mol. The summed E-state index contributed by atoms with van der Waals surface area (Å²) in [7, 11) is 1.27. The van der Waals surface area contributed by atoms with Gasteiger partial charge in [-0.15, -0.1) is 0 Å². The zero-order chi connectivity index (χ0) is 25.1. The van der Waals surface area contributed by atoms with Gasteiger partial charge in [-0.2, -0.15) is 0 Å². The number of nitrogens with one attached hydrogen (secondary N) is 1. The largest absolute Gasteiger partial charge is 0.465 e. The number of hydrazine groups is 1. The molecule has 0 spiro atoms. The molecule has 1 fully saturated rings. The molecular formula is C25H19ClN2O7. The molecule has 2 amide bonds. The molecule has 0 bridgehead atoms. The van der Waals surface area contributed by atoms with Gasteiger partial charge in [-0.05, 0) is 67.6 Å². The highest BCUT2D eigenvalue weighted by Crippen LogP contribution is 2.29. The van der Waals surface area contributed by atoms with Gasteiger partial charge in [0.15, 0.2) is 0 Å². The molecule has 1 saturated heterocycles. The van der Waals surface area contributed by atoms with Crippen molar-refractivity contribution < 1.29 is 33.1 Å². The van der Waals surface area contributed by atoms with Crippen molar-refractivity contribution in [2.75, 3.05) is 18.7 Å². The van der Waals surface area contributed by atoms with Crippen LogP contribution in [0.2, 0.25) is 5.02 Å². The molecule has 1 aliphatic heterocycles. The Morgan fingerprint density at radius 1 is 1.06 bits per heavy atom. The van der Waals surface area contributed by atoms with E-state index in [9.17, 15) is 19.2 Å². The summed E-state index contributed by atoms with van der Waals surface area (Å²) >= 11 is 6.11. The van der Waals surface area contributed by atoms with Gasteiger partial charge in [0.1, 0.15) is 17.1 Å². The summed E-state index contributed by atoms with van der Waals surface area (Å²) in [4.78, 5) is 49.0. The highest BCUT2D eigenvalue weighted by molar-refractivity contribution is 6.33. The number of benzene rings is 2. The first kappa shape index (κ1) is 23.8. The van der Waals surface area contributed by atoms with E-state index in [1.54, 1.807) is 37.3 Å². The second kappa shape index (κ2) is 9.86. The fourth-order valence-electron chi connectivity index (χ4n) is 3.38. The van der Waals surface area contributed by atoms with Crippen molar-refractivity contribution in [1.29, 1.82) is 0 Å². The number of halogens is 1. The summed E-state index contributed by atoms with van der Waals surface area (Å²) < 4.78 is 15.5. The molecule has 9 nitrogen and oxygen atoms in total. The van der Waals surface area contributed by atoms with E-state index in [-0.39, 0.29) is 28.5 Å². The number of anilines is 1. The molecule has 35 heavy (non-hydrogen) atoms. The Morgan fingerprint density at radius 2 is 1.80 bits per heavy atom. The summed E-state index contributed by atoms with van der Waals surface area (Å²) in [6.45, 7) is 1.90. The van der Waals surface area contributed by atoms with Gasteiger partial charge in [0.05, 0.1) is 35.6 Å². The predicted octanol–water partition coefficient (Wildman–Crippen LogP) is 4.02. The number of nitrogens with zero attached hydrogens (tertiary/aromatic N) is 1. The summed E-state index contributed by atoms with van der Waals surface area (Å²) in [6, 6.07) is 14.0. The second-order valence-electron chi connectivity index (χ2n) is 7.30. The zero-order valence-electron chi connectivity index (χ0n) is 18.7. The van der Waals surface area contributed by atoms with Gasteiger partial charge < -0.3 is 13.9 Å². The number of carbonyl (C=O) groups is 4. The minimum atomic E-state index is -0.610. The molecule has 0 atom stereocenters. The SMILES string of the molecule is CCOC(=O)c1cc(-c2ccc(C=C3C(=O)NN(c4ccc(C(=O)OC)cc4)C3=O)o2)ccc1Cl. The number of amides is 2. The molecule has 0 radical (unpaired) electrons. The number of carbonyl (C=O) groups excluding carboxylic acids is 4. The van der Waals surface area contributed by atoms with Crippen molar-refractivity contribution in [2.45, 2.75) is 6.92 Å². The number of furan rings is 1. The molecule has 0 saturated carbocycles. The topological polar surface area (TPSA) is 115 Å². The Morgan fingerprint density at radius 3 is 2.49 bits per heavy atom. The molecule has 1 aromatic heterocycles. The Labute approximate surface area is 204 Å². The number of hydrogen-bond donors (Lipinski definition) is 1. The highest BCUT2D eigenvalue weighted by atomic mass is 35.5. The van der Waals surface area contributed by atoms with E-state index in [1.165, 1.54) is 37.5 Å². The lowest BCUT2D eigenvalue weighted by molar-refractivity contribution is -0.117. The summed E-state index contributed by atoms with van der Waals surface area (Å²) in [5, 5.41) is 1.32. The Bertz CT molecular complexity index is 1360. The van der Waals surface area contributed by atoms with Crippen molar-refractivity contribution >= 4 is 47.1 Å². The van der Waals surface area contributed by atoms with Crippen molar-refractivity contribution in [3.05, 3.63) is 82.1 Å². The van der Waals surface area contributed by atoms with Crippen LogP contribution < -0.4 is 10.4 Å². The number of ether oxygens (including phenoxy) is 2. The van der Waals surface area contributed by atoms with Gasteiger partial charge in [0, 0.05) is 5.56 Å². The lowest BCUT2D eigenvalue weighted by Gasteiger charge is -2.14. The van der Waals surface area contributed by atoms with Gasteiger partial charge >= 0.3 is 11.9 Å². The first-order chi connectivity index (χ1) is 16.8. The number of hydrogen-bond acceptors (Lipinski definition) is 7. The van der Waals surface area contributed by atoms with Crippen LogP contribution in [0.1, 0.15) is 33.4 Å². The Balaban J connectivity index is 1.56. The number of esters is 2. The Hall–Kier alpha value is -4.37. The minimum Gasteiger partial charge on any atom is -0.465 e. The van der Waals surface area contributed by atoms with Crippen LogP contribution in [0, 0.1) is 0 Å². The van der Waals surface area contributed by atoms with Crippen LogP contribution in [-0.4, -0.2) is 37.5 Å². The number of methoxy groups -OCH3 is 1. The average Bonchev–Trinajstić information content (AvgIpc) is 3.44. The van der Waals surface area contributed by atoms with E-state index in [0.717, 1.165) is 5.01 Å². The minimum absolute atomic E-state index is 0.133. The first-order valence-electron chi connectivity index (χ1n) is 10.4. The van der Waals surface area contributed by atoms with Crippen LogP contribution in [-0.2, 0) is 19.1 Å². The molecule has 0 unspecified atom stereocenters. The van der Waals surface area contributed by atoms with E-state index in [1.807, 2.05) is 0 Å². The molecule has 10 heteroatoms. The molecular weight excluding hydrogens is 476 g/mol. The average molecular weight is 495 g/mol. The predicted molar refractivity (Wildman–Crippen MR) is 126 cm³/mol. The zero-order valence-corrected chi connectivity index (χ0v) is 19.4. The molecule has 0 aliphatic carbocycles. The maximum atomic E-state index is 12.9. The smallest absolute Gasteiger partial charge is 0.339 e. The molecule has 178 valence electrons. The lowest BCUT2D eigenvalue weighted by atomic mass is 10.1. The van der Waals surface area contributed by atoms with Crippen LogP contribution in [0.5, 0.6) is 0 Å². The molecule has 2 aromatic carbocycles. The third-order valence-corrected chi connectivity index (χ3v) is 5.43. The third kappa shape index (κ3) is 4.80. The van der Waals surface area contributed by atoms with Gasteiger partial charge in [-0.3, -0.25) is 15.0 Å². The normalized spacial score (nSPS) is 14.3. The van der Waals surface area contributed by atoms with Crippen molar-refractivity contribution in [3.8, 4) is 11.3 Å². The van der Waals surface area contributed by atoms with Crippen molar-refractivity contribution in [2.24, 2.45) is 0 Å². The van der Waals surface area contributed by atoms with Gasteiger partial charge in [0.25, 0.3) is 11.8 Å². The van der Waals surface area contributed by atoms with Gasteiger partial charge in [-0.1, -0.05) is 11.6 Å². The van der Waals surface area contributed by atoms with E-state index < -0.39 is 23.8 Å². The van der Waals surface area contributed by atoms with Crippen molar-refractivity contribution in [3.63, 3.8) is 0 Å². The standard InChI is InChI=1S/C25H19ClN2O7/c1-3-34-25(32)18-12-15(6-10-20(18)26)21-11-9-17(35-21)13-19-22(29)27-28(23(19)30)16-7-4-14(5-8-16)24(31)33-2/h4-13H,3H2,1-2H3,(H,27,29). The van der Waals surface area contributed by atoms with Crippen LogP contribution in [0.4, 0.5) is 5.69 Å². The van der Waals surface area contributed by atoms with Gasteiger partial charge in [0.2, 0.25) is 0 Å². The lowest BCUT2D eigenvalue weighted by Crippen LogP contribution is -2.35. The third-order valence-electron chi connectivity index (χ3n) is 5.10. The summed E-state index contributed by atoms with van der Waals surface area (Å²) in [5.74, 6) is -1.61. The highest BCUT2D eigenvalue weighted by Gasteiger charge is 2.35. The maximum Gasteiger partial charge on any atom is 0.339 e. The first-order valence-corrected chi connectivity index (χ1v) is 10.8. The molecule has 1 aliphatic rings. The molecule has 2 heterocycles. The van der Waals surface area contributed by atoms with Crippen LogP contribution in [0.25, 0.3) is 17.4 Å². The van der Waals surface area contributed by atoms with E-state index >= 15 is 0 Å². The molecule has 4 rings (SSSR count). The van der Waals surface area contributed by atoms with E-state index in [4.69, 9.17) is 20.8 Å². The van der Waals surface area contributed by atoms with Crippen LogP contribution in [0.3, 0.4) is 0 Å². The Kier molecular flexibility index (Phi) is 6.70. The van der Waals surface area contributed by atoms with E-state index in [0.29, 0.717) is 22.6 Å².